The van der Waals surface area contributed by atoms with Gasteiger partial charge >= 0.3 is 18.1 Å². The van der Waals surface area contributed by atoms with Crippen molar-refractivity contribution in [1.82, 2.24) is 5.32 Å². The predicted octanol–water partition coefficient (Wildman–Crippen LogP) is 4.27. The Kier molecular flexibility index (Phi) is 7.08. The molecular formula is C16H12Cl2F5NO4. The van der Waals surface area contributed by atoms with Crippen molar-refractivity contribution >= 4 is 35.9 Å². The second-order valence-corrected chi connectivity index (χ2v) is 5.96. The Morgan fingerprint density at radius 2 is 1.71 bits per heavy atom. The van der Waals surface area contributed by atoms with Crippen molar-refractivity contribution in [2.75, 3.05) is 6.67 Å². The molecule has 0 aliphatic carbocycles. The summed E-state index contributed by atoms with van der Waals surface area (Å²) in [7, 11) is 0. The molecule has 1 aromatic rings. The molecule has 28 heavy (non-hydrogen) atoms. The first-order valence-electron chi connectivity index (χ1n) is 7.20. The Morgan fingerprint density at radius 1 is 1.18 bits per heavy atom. The van der Waals surface area contributed by atoms with Crippen molar-refractivity contribution in [3.05, 3.63) is 56.6 Å². The maximum Gasteiger partial charge on any atom is 0.418 e. The first-order valence-corrected chi connectivity index (χ1v) is 7.58. The van der Waals surface area contributed by atoms with Crippen LogP contribution >= 0.6 is 24.0 Å². The van der Waals surface area contributed by atoms with E-state index in [1.165, 1.54) is 0 Å². The van der Waals surface area contributed by atoms with Crippen LogP contribution in [0.5, 0.6) is 0 Å². The number of alkyl halides is 4. The molecule has 154 valence electrons. The standard InChI is InChI=1S/C16H11ClF5NO4.ClH/c1-5-9(14(24)25)12(11(15(26)27)8(4-18)23-5)10-7(19)3-2-6(17)13(10)16(20,21)22;/h2-3,12,23H,4H2,1H3,(H,24,25)(H,26,27);1H. The van der Waals surface area contributed by atoms with Crippen molar-refractivity contribution in [3.8, 4) is 0 Å². The van der Waals surface area contributed by atoms with E-state index in [0.29, 0.717) is 12.1 Å². The number of allylic oxidation sites excluding steroid dienone is 2. The Labute approximate surface area is 165 Å². The second kappa shape index (κ2) is 8.36. The van der Waals surface area contributed by atoms with E-state index >= 15 is 0 Å². The summed E-state index contributed by atoms with van der Waals surface area (Å²) >= 11 is 5.56. The molecule has 0 radical (unpaired) electrons. The second-order valence-electron chi connectivity index (χ2n) is 5.55. The van der Waals surface area contributed by atoms with Crippen molar-refractivity contribution in [1.29, 1.82) is 0 Å². The van der Waals surface area contributed by atoms with Crippen LogP contribution in [0, 0.1) is 5.82 Å². The van der Waals surface area contributed by atoms with Crippen molar-refractivity contribution in [3.63, 3.8) is 0 Å². The lowest BCUT2D eigenvalue weighted by atomic mass is 9.78. The zero-order valence-electron chi connectivity index (χ0n) is 13.8. The van der Waals surface area contributed by atoms with Gasteiger partial charge in [0.1, 0.15) is 12.5 Å². The highest BCUT2D eigenvalue weighted by Crippen LogP contribution is 2.47. The molecule has 1 atom stereocenters. The van der Waals surface area contributed by atoms with Gasteiger partial charge in [-0.3, -0.25) is 0 Å². The summed E-state index contributed by atoms with van der Waals surface area (Å²) < 4.78 is 68.3. The number of carbonyl (C=O) groups is 2. The fourth-order valence-electron chi connectivity index (χ4n) is 2.96. The molecule has 1 aromatic carbocycles. The number of carboxylic acids is 2. The number of aliphatic carboxylic acids is 2. The van der Waals surface area contributed by atoms with Gasteiger partial charge < -0.3 is 15.5 Å². The third-order valence-corrected chi connectivity index (χ3v) is 4.27. The lowest BCUT2D eigenvalue weighted by Crippen LogP contribution is -2.34. The topological polar surface area (TPSA) is 86.6 Å². The number of nitrogens with one attached hydrogen (secondary N) is 1. The van der Waals surface area contributed by atoms with E-state index in [2.05, 4.69) is 5.32 Å². The third-order valence-electron chi connectivity index (χ3n) is 3.95. The number of rotatable bonds is 4. The van der Waals surface area contributed by atoms with Crippen LogP contribution in [0.4, 0.5) is 22.0 Å². The van der Waals surface area contributed by atoms with Gasteiger partial charge in [0.25, 0.3) is 0 Å². The number of benzene rings is 1. The number of halogens is 7. The van der Waals surface area contributed by atoms with E-state index in [1.807, 2.05) is 0 Å². The fraction of sp³-hybridized carbons (Fsp3) is 0.250. The summed E-state index contributed by atoms with van der Waals surface area (Å²) in [5.74, 6) is -7.46. The predicted molar refractivity (Wildman–Crippen MR) is 90.5 cm³/mol. The molecule has 0 spiro atoms. The highest BCUT2D eigenvalue weighted by atomic mass is 35.5. The van der Waals surface area contributed by atoms with Crippen LogP contribution in [0.1, 0.15) is 24.0 Å². The van der Waals surface area contributed by atoms with E-state index in [0.717, 1.165) is 6.92 Å². The van der Waals surface area contributed by atoms with Crippen LogP contribution in [0.25, 0.3) is 0 Å². The Balaban J connectivity index is 0.00000392. The summed E-state index contributed by atoms with van der Waals surface area (Å²) in [5.41, 5.74) is -5.93. The SMILES string of the molecule is CC1=C(C(=O)O)C(c2c(F)ccc(Cl)c2C(F)(F)F)C(C(=O)O)=C(CF)N1.Cl. The zero-order chi connectivity index (χ0) is 20.7. The molecular weight excluding hydrogens is 436 g/mol. The van der Waals surface area contributed by atoms with Crippen molar-refractivity contribution in [2.24, 2.45) is 0 Å². The fourth-order valence-corrected chi connectivity index (χ4v) is 3.24. The largest absolute Gasteiger partial charge is 0.478 e. The van der Waals surface area contributed by atoms with Crippen LogP contribution in [0.2, 0.25) is 5.02 Å². The molecule has 0 saturated heterocycles. The normalized spacial score (nSPS) is 17.2. The van der Waals surface area contributed by atoms with Gasteiger partial charge in [0.2, 0.25) is 0 Å². The molecule has 0 fully saturated rings. The molecule has 5 nitrogen and oxygen atoms in total. The molecule has 1 unspecified atom stereocenters. The Bertz CT molecular complexity index is 896. The van der Waals surface area contributed by atoms with Crippen LogP contribution in [0.3, 0.4) is 0 Å². The van der Waals surface area contributed by atoms with E-state index in [1.54, 1.807) is 0 Å². The van der Waals surface area contributed by atoms with Gasteiger partial charge in [0.15, 0.2) is 0 Å². The Hall–Kier alpha value is -2.33. The van der Waals surface area contributed by atoms with Crippen LogP contribution in [0.15, 0.2) is 34.7 Å². The smallest absolute Gasteiger partial charge is 0.418 e. The molecule has 2 rings (SSSR count). The van der Waals surface area contributed by atoms with E-state index in [-0.39, 0.29) is 18.1 Å². The van der Waals surface area contributed by atoms with Crippen LogP contribution < -0.4 is 5.32 Å². The summed E-state index contributed by atoms with van der Waals surface area (Å²) in [6.45, 7) is -0.355. The van der Waals surface area contributed by atoms with E-state index in [9.17, 15) is 41.8 Å². The van der Waals surface area contributed by atoms with Gasteiger partial charge in [0.05, 0.1) is 33.3 Å². The van der Waals surface area contributed by atoms with Gasteiger partial charge in [-0.2, -0.15) is 13.2 Å². The average molecular weight is 448 g/mol. The minimum absolute atomic E-state index is 0. The molecule has 0 amide bonds. The average Bonchev–Trinajstić information content (AvgIpc) is 2.53. The monoisotopic (exact) mass is 447 g/mol. The van der Waals surface area contributed by atoms with Crippen molar-refractivity contribution < 1.29 is 41.8 Å². The molecule has 3 N–H and O–H groups in total. The van der Waals surface area contributed by atoms with Crippen LogP contribution in [-0.2, 0) is 15.8 Å². The Morgan fingerprint density at radius 3 is 2.14 bits per heavy atom. The lowest BCUT2D eigenvalue weighted by molar-refractivity contribution is -0.139. The molecule has 0 bridgehead atoms. The maximum absolute atomic E-state index is 14.5. The summed E-state index contributed by atoms with van der Waals surface area (Å²) in [5, 5.41) is 20.1. The van der Waals surface area contributed by atoms with Gasteiger partial charge in [-0.15, -0.1) is 12.4 Å². The summed E-state index contributed by atoms with van der Waals surface area (Å²) in [6, 6.07) is 1.17. The first-order chi connectivity index (χ1) is 12.4. The first kappa shape index (κ1) is 23.7. The number of carboxylic acid groups (broad SMARTS) is 2. The lowest BCUT2D eigenvalue weighted by Gasteiger charge is -2.31. The number of hydrogen-bond acceptors (Lipinski definition) is 3. The van der Waals surface area contributed by atoms with Crippen molar-refractivity contribution in [2.45, 2.75) is 19.0 Å². The molecule has 1 aliphatic heterocycles. The summed E-state index contributed by atoms with van der Waals surface area (Å²) in [6.07, 6.45) is -5.23. The highest BCUT2D eigenvalue weighted by Gasteiger charge is 2.45. The number of hydrogen-bond donors (Lipinski definition) is 3. The minimum Gasteiger partial charge on any atom is -0.478 e. The third kappa shape index (κ3) is 4.07. The maximum atomic E-state index is 14.5. The van der Waals surface area contributed by atoms with Gasteiger partial charge in [-0.1, -0.05) is 11.6 Å². The molecule has 1 aliphatic rings. The van der Waals surface area contributed by atoms with Crippen LogP contribution in [-0.4, -0.2) is 28.8 Å². The molecule has 0 aromatic heterocycles. The van der Waals surface area contributed by atoms with Gasteiger partial charge in [0, 0.05) is 11.3 Å². The highest BCUT2D eigenvalue weighted by molar-refractivity contribution is 6.31. The van der Waals surface area contributed by atoms with Gasteiger partial charge in [-0.25, -0.2) is 18.4 Å². The number of dihydropyridines is 1. The molecule has 0 saturated carbocycles. The minimum atomic E-state index is -5.23. The van der Waals surface area contributed by atoms with E-state index in [4.69, 9.17) is 11.6 Å². The van der Waals surface area contributed by atoms with E-state index < -0.39 is 69.5 Å². The molecule has 12 heteroatoms. The molecule has 1 heterocycles. The van der Waals surface area contributed by atoms with Gasteiger partial charge in [-0.05, 0) is 19.1 Å². The quantitative estimate of drug-likeness (QED) is 0.599. The summed E-state index contributed by atoms with van der Waals surface area (Å²) in [4.78, 5) is 23.2. The zero-order valence-corrected chi connectivity index (χ0v) is 15.4.